The maximum Gasteiger partial charge on any atom is 0.302 e. The summed E-state index contributed by atoms with van der Waals surface area (Å²) in [5.74, 6) is -0.395. The molecule has 0 aromatic heterocycles. The number of hydrogen-bond donors (Lipinski definition) is 0. The van der Waals surface area contributed by atoms with Crippen LogP contribution in [-0.4, -0.2) is 53.8 Å². The third-order valence-corrected chi connectivity index (χ3v) is 6.75. The highest BCUT2D eigenvalue weighted by molar-refractivity contribution is 14.1. The Labute approximate surface area is 250 Å². The van der Waals surface area contributed by atoms with Crippen molar-refractivity contribution in [3.05, 3.63) is 108 Å². The smallest absolute Gasteiger partial charge is 0.302 e. The fourth-order valence-corrected chi connectivity index (χ4v) is 4.65. The fraction of sp³-hybridized carbons (Fsp3) is 0.406. The first-order valence-electron chi connectivity index (χ1n) is 13.5. The standard InChI is InChI=1S/C32H37IO7/c1-23(33)18-39-32-31(38-21-27-16-10-5-11-17-27)30(37-20-26-14-8-4-9-15-26)29(28(40-32)22-35-24(2)34)36-19-25-12-6-3-7-13-25/h3-17,23,28-32H,18-22H2,1-2H3/t23-,28-,29-,30+,31+,32-/m1/s1. The van der Waals surface area contributed by atoms with Crippen molar-refractivity contribution < 1.29 is 33.2 Å². The lowest BCUT2D eigenvalue weighted by atomic mass is 9.97. The van der Waals surface area contributed by atoms with Crippen LogP contribution in [0.15, 0.2) is 91.0 Å². The van der Waals surface area contributed by atoms with Gasteiger partial charge >= 0.3 is 5.97 Å². The Bertz CT molecular complexity index is 1130. The Morgan fingerprint density at radius 2 is 1.18 bits per heavy atom. The van der Waals surface area contributed by atoms with Crippen LogP contribution < -0.4 is 0 Å². The molecule has 1 heterocycles. The summed E-state index contributed by atoms with van der Waals surface area (Å²) in [5, 5.41) is 0. The van der Waals surface area contributed by atoms with Crippen molar-refractivity contribution in [1.82, 2.24) is 0 Å². The lowest BCUT2D eigenvalue weighted by Crippen LogP contribution is -2.62. The Hall–Kier alpha value is -2.34. The van der Waals surface area contributed by atoms with Crippen molar-refractivity contribution in [3.8, 4) is 0 Å². The second-order valence-corrected chi connectivity index (χ2v) is 11.9. The van der Waals surface area contributed by atoms with Gasteiger partial charge in [-0.25, -0.2) is 0 Å². The Morgan fingerprint density at radius 1 is 0.725 bits per heavy atom. The highest BCUT2D eigenvalue weighted by Crippen LogP contribution is 2.31. The first kappa shape index (κ1) is 30.6. The van der Waals surface area contributed by atoms with E-state index in [9.17, 15) is 4.79 Å². The van der Waals surface area contributed by atoms with E-state index in [1.807, 2.05) is 91.0 Å². The van der Waals surface area contributed by atoms with Crippen molar-refractivity contribution in [3.63, 3.8) is 0 Å². The minimum atomic E-state index is -0.751. The molecule has 4 rings (SSSR count). The number of esters is 1. The highest BCUT2D eigenvalue weighted by atomic mass is 127. The zero-order chi connectivity index (χ0) is 28.2. The summed E-state index contributed by atoms with van der Waals surface area (Å²) in [7, 11) is 0. The monoisotopic (exact) mass is 660 g/mol. The highest BCUT2D eigenvalue weighted by Gasteiger charge is 2.49. The van der Waals surface area contributed by atoms with Crippen LogP contribution in [0.2, 0.25) is 0 Å². The molecule has 8 heteroatoms. The zero-order valence-corrected chi connectivity index (χ0v) is 25.1. The number of hydrogen-bond acceptors (Lipinski definition) is 7. The van der Waals surface area contributed by atoms with Gasteiger partial charge in [-0.15, -0.1) is 0 Å². The molecule has 1 fully saturated rings. The third kappa shape index (κ3) is 9.64. The van der Waals surface area contributed by atoms with Crippen LogP contribution >= 0.6 is 22.6 Å². The SMILES string of the molecule is CC(=O)OC[C@H]1O[C@@H](OC[C@@H](C)I)[C@@H](OCc2ccccc2)[C@@H](OCc2ccccc2)[C@@H]1OCc1ccccc1. The van der Waals surface area contributed by atoms with E-state index < -0.39 is 36.7 Å². The van der Waals surface area contributed by atoms with Crippen LogP contribution in [0.4, 0.5) is 0 Å². The molecule has 0 saturated carbocycles. The molecule has 0 N–H and O–H groups in total. The molecule has 3 aromatic carbocycles. The van der Waals surface area contributed by atoms with E-state index in [2.05, 4.69) is 29.5 Å². The molecule has 1 aliphatic heterocycles. The molecule has 1 saturated heterocycles. The maximum absolute atomic E-state index is 11.8. The lowest BCUT2D eigenvalue weighted by Gasteiger charge is -2.45. The summed E-state index contributed by atoms with van der Waals surface area (Å²) in [5.41, 5.74) is 3.05. The first-order chi connectivity index (χ1) is 19.5. The van der Waals surface area contributed by atoms with Crippen LogP contribution in [-0.2, 0) is 53.0 Å². The molecule has 40 heavy (non-hydrogen) atoms. The fourth-order valence-electron chi connectivity index (χ4n) is 4.44. The predicted octanol–water partition coefficient (Wildman–Crippen LogP) is 5.87. The van der Waals surface area contributed by atoms with Crippen LogP contribution in [0.25, 0.3) is 0 Å². The zero-order valence-electron chi connectivity index (χ0n) is 22.9. The molecule has 7 nitrogen and oxygen atoms in total. The minimum Gasteiger partial charge on any atom is -0.463 e. The Morgan fingerprint density at radius 3 is 1.62 bits per heavy atom. The van der Waals surface area contributed by atoms with Gasteiger partial charge in [0.2, 0.25) is 0 Å². The second-order valence-electron chi connectivity index (χ2n) is 9.74. The van der Waals surface area contributed by atoms with Gasteiger partial charge in [-0.05, 0) is 16.7 Å². The van der Waals surface area contributed by atoms with Crippen molar-refractivity contribution in [1.29, 1.82) is 0 Å². The summed E-state index contributed by atoms with van der Waals surface area (Å²) in [4.78, 5) is 11.8. The topological polar surface area (TPSA) is 72.5 Å². The second kappa shape index (κ2) is 16.2. The Kier molecular flexibility index (Phi) is 12.4. The van der Waals surface area contributed by atoms with Crippen molar-refractivity contribution in [2.45, 2.75) is 68.3 Å². The third-order valence-electron chi connectivity index (χ3n) is 6.39. The molecule has 0 amide bonds. The molecular weight excluding hydrogens is 623 g/mol. The quantitative estimate of drug-likeness (QED) is 0.122. The van der Waals surface area contributed by atoms with Crippen LogP contribution in [0, 0.1) is 0 Å². The normalized spacial score (nSPS) is 23.4. The summed E-state index contributed by atoms with van der Waals surface area (Å²) in [6.45, 7) is 4.93. The van der Waals surface area contributed by atoms with E-state index in [1.54, 1.807) is 0 Å². The summed E-state index contributed by atoms with van der Waals surface area (Å²) >= 11 is 2.31. The van der Waals surface area contributed by atoms with Crippen LogP contribution in [0.3, 0.4) is 0 Å². The average molecular weight is 661 g/mol. The van der Waals surface area contributed by atoms with Crippen LogP contribution in [0.1, 0.15) is 30.5 Å². The number of halogens is 1. The number of rotatable bonds is 14. The summed E-state index contributed by atoms with van der Waals surface area (Å²) in [6, 6.07) is 29.8. The molecule has 3 aromatic rings. The molecule has 0 radical (unpaired) electrons. The van der Waals surface area contributed by atoms with Gasteiger partial charge in [0, 0.05) is 10.8 Å². The largest absolute Gasteiger partial charge is 0.463 e. The molecule has 214 valence electrons. The number of ether oxygens (including phenoxy) is 6. The number of carbonyl (C=O) groups is 1. The number of benzene rings is 3. The van der Waals surface area contributed by atoms with Crippen molar-refractivity contribution >= 4 is 28.6 Å². The maximum atomic E-state index is 11.8. The minimum absolute atomic E-state index is 0.00500. The Balaban J connectivity index is 1.64. The number of carbonyl (C=O) groups excluding carboxylic acids is 1. The van der Waals surface area contributed by atoms with E-state index in [-0.39, 0.29) is 10.5 Å². The van der Waals surface area contributed by atoms with E-state index in [1.165, 1.54) is 6.92 Å². The van der Waals surface area contributed by atoms with E-state index in [0.29, 0.717) is 26.4 Å². The molecule has 0 unspecified atom stereocenters. The summed E-state index contributed by atoms with van der Waals surface area (Å²) < 4.78 is 37.9. The molecule has 0 spiro atoms. The van der Waals surface area contributed by atoms with Gasteiger partial charge in [0.15, 0.2) is 6.29 Å². The molecular formula is C32H37IO7. The predicted molar refractivity (Wildman–Crippen MR) is 160 cm³/mol. The van der Waals surface area contributed by atoms with E-state index in [0.717, 1.165) is 16.7 Å². The van der Waals surface area contributed by atoms with Gasteiger partial charge in [0.05, 0.1) is 26.4 Å². The molecule has 6 atom stereocenters. The lowest BCUT2D eigenvalue weighted by molar-refractivity contribution is -0.326. The molecule has 0 bridgehead atoms. The van der Waals surface area contributed by atoms with Gasteiger partial charge < -0.3 is 28.4 Å². The number of alkyl halides is 1. The van der Waals surface area contributed by atoms with Gasteiger partial charge in [-0.2, -0.15) is 0 Å². The van der Waals surface area contributed by atoms with Crippen LogP contribution in [0.5, 0.6) is 0 Å². The first-order valence-corrected chi connectivity index (χ1v) is 14.7. The molecule has 0 aliphatic carbocycles. The van der Waals surface area contributed by atoms with Gasteiger partial charge in [0.1, 0.15) is 31.0 Å². The van der Waals surface area contributed by atoms with E-state index >= 15 is 0 Å². The molecule has 1 aliphatic rings. The average Bonchev–Trinajstić information content (AvgIpc) is 2.97. The van der Waals surface area contributed by atoms with Crippen molar-refractivity contribution in [2.24, 2.45) is 0 Å². The van der Waals surface area contributed by atoms with Gasteiger partial charge in [-0.3, -0.25) is 4.79 Å². The van der Waals surface area contributed by atoms with Gasteiger partial charge in [-0.1, -0.05) is 121 Å². The van der Waals surface area contributed by atoms with Crippen molar-refractivity contribution in [2.75, 3.05) is 13.2 Å². The summed E-state index contributed by atoms with van der Waals surface area (Å²) in [6.07, 6.45) is -3.15. The van der Waals surface area contributed by atoms with E-state index in [4.69, 9.17) is 28.4 Å². The van der Waals surface area contributed by atoms with Gasteiger partial charge in [0.25, 0.3) is 0 Å².